The highest BCUT2D eigenvalue weighted by molar-refractivity contribution is 7.88. The topological polar surface area (TPSA) is 93.2 Å². The van der Waals surface area contributed by atoms with E-state index in [4.69, 9.17) is 21.1 Å². The van der Waals surface area contributed by atoms with Gasteiger partial charge in [-0.2, -0.15) is 4.31 Å². The van der Waals surface area contributed by atoms with Crippen LogP contribution in [0, 0.1) is 0 Å². The Morgan fingerprint density at radius 2 is 1.87 bits per heavy atom. The Balaban J connectivity index is 1.85. The molecule has 0 saturated heterocycles. The second kappa shape index (κ2) is 9.03. The zero-order chi connectivity index (χ0) is 21.9. The average Bonchev–Trinajstić information content (AvgIpc) is 2.72. The van der Waals surface area contributed by atoms with E-state index >= 15 is 0 Å². The van der Waals surface area contributed by atoms with Crippen LogP contribution in [0.4, 0.5) is 5.69 Å². The first-order chi connectivity index (χ1) is 14.2. The third kappa shape index (κ3) is 5.10. The molecule has 1 heterocycles. The largest absolute Gasteiger partial charge is 0.475 e. The Kier molecular flexibility index (Phi) is 6.64. The lowest BCUT2D eigenvalue weighted by atomic mass is 10.2. The molecule has 1 aliphatic heterocycles. The molecule has 0 aromatic heterocycles. The van der Waals surface area contributed by atoms with Gasteiger partial charge in [0.1, 0.15) is 5.75 Å². The number of para-hydroxylation sites is 2. The third-order valence-electron chi connectivity index (χ3n) is 4.59. The lowest BCUT2D eigenvalue weighted by Gasteiger charge is -2.34. The summed E-state index contributed by atoms with van der Waals surface area (Å²) in [5.41, 5.74) is 1.15. The van der Waals surface area contributed by atoms with Gasteiger partial charge >= 0.3 is 5.97 Å². The smallest absolute Gasteiger partial charge is 0.348 e. The molecule has 10 heteroatoms. The van der Waals surface area contributed by atoms with Gasteiger partial charge in [0.15, 0.2) is 0 Å². The standard InChI is InChI=1S/C20H21ClN2O6S/c1-28-20(25)18-12-23(16-5-3-4-6-17(16)29-18)19(24)13-22(30(2,26)27)11-14-7-9-15(21)10-8-14/h3-10,18H,11-13H2,1-2H3/t18-/m0/s1. The van der Waals surface area contributed by atoms with Crippen molar-refractivity contribution in [3.05, 3.63) is 59.1 Å². The van der Waals surface area contributed by atoms with Crippen LogP contribution in [0.1, 0.15) is 5.56 Å². The number of ether oxygens (including phenoxy) is 2. The molecular weight excluding hydrogens is 432 g/mol. The molecule has 0 N–H and O–H groups in total. The van der Waals surface area contributed by atoms with Gasteiger partial charge in [0.25, 0.3) is 0 Å². The molecule has 0 radical (unpaired) electrons. The highest BCUT2D eigenvalue weighted by Crippen LogP contribution is 2.33. The number of esters is 1. The van der Waals surface area contributed by atoms with Crippen molar-refractivity contribution in [1.82, 2.24) is 4.31 Å². The van der Waals surface area contributed by atoms with Crippen LogP contribution in [0.25, 0.3) is 0 Å². The van der Waals surface area contributed by atoms with Crippen molar-refractivity contribution in [2.45, 2.75) is 12.6 Å². The van der Waals surface area contributed by atoms with E-state index in [1.807, 2.05) is 0 Å². The van der Waals surface area contributed by atoms with Crippen molar-refractivity contribution in [1.29, 1.82) is 0 Å². The molecule has 2 aromatic carbocycles. The number of anilines is 1. The molecule has 1 aliphatic rings. The number of nitrogens with zero attached hydrogens (tertiary/aromatic N) is 2. The fraction of sp³-hybridized carbons (Fsp3) is 0.300. The summed E-state index contributed by atoms with van der Waals surface area (Å²) in [7, 11) is -2.46. The number of sulfonamides is 1. The van der Waals surface area contributed by atoms with Crippen LogP contribution in [-0.2, 0) is 30.9 Å². The van der Waals surface area contributed by atoms with Gasteiger partial charge < -0.3 is 14.4 Å². The number of methoxy groups -OCH3 is 1. The van der Waals surface area contributed by atoms with E-state index in [2.05, 4.69) is 0 Å². The van der Waals surface area contributed by atoms with Gasteiger partial charge in [-0.25, -0.2) is 13.2 Å². The summed E-state index contributed by atoms with van der Waals surface area (Å²) >= 11 is 5.88. The Morgan fingerprint density at radius 3 is 2.50 bits per heavy atom. The van der Waals surface area contributed by atoms with Gasteiger partial charge in [-0.05, 0) is 29.8 Å². The summed E-state index contributed by atoms with van der Waals surface area (Å²) < 4.78 is 36.1. The van der Waals surface area contributed by atoms with Gasteiger partial charge in [-0.3, -0.25) is 4.79 Å². The molecule has 0 fully saturated rings. The number of benzene rings is 2. The fourth-order valence-electron chi connectivity index (χ4n) is 3.04. The monoisotopic (exact) mass is 452 g/mol. The molecule has 0 bridgehead atoms. The van der Waals surface area contributed by atoms with E-state index < -0.39 is 34.5 Å². The van der Waals surface area contributed by atoms with E-state index in [0.29, 0.717) is 22.0 Å². The zero-order valence-electron chi connectivity index (χ0n) is 16.4. The molecular formula is C20H21ClN2O6S. The van der Waals surface area contributed by atoms with Gasteiger partial charge in [0.2, 0.25) is 22.0 Å². The molecule has 0 saturated carbocycles. The highest BCUT2D eigenvalue weighted by atomic mass is 35.5. The highest BCUT2D eigenvalue weighted by Gasteiger charge is 2.35. The molecule has 1 atom stereocenters. The van der Waals surface area contributed by atoms with Crippen LogP contribution in [0.15, 0.2) is 48.5 Å². The van der Waals surface area contributed by atoms with Crippen LogP contribution in [0.3, 0.4) is 0 Å². The first-order valence-electron chi connectivity index (χ1n) is 9.02. The molecule has 0 spiro atoms. The first kappa shape index (κ1) is 22.1. The minimum absolute atomic E-state index is 0.00809. The summed E-state index contributed by atoms with van der Waals surface area (Å²) in [5.74, 6) is -0.765. The normalized spacial score (nSPS) is 16.0. The lowest BCUT2D eigenvalue weighted by molar-refractivity contribution is -0.148. The SMILES string of the molecule is COC(=O)[C@@H]1CN(C(=O)CN(Cc2ccc(Cl)cc2)S(C)(=O)=O)c2ccccc2O1. The number of hydrogen-bond acceptors (Lipinski definition) is 6. The molecule has 30 heavy (non-hydrogen) atoms. The van der Waals surface area contributed by atoms with Crippen molar-refractivity contribution in [3.8, 4) is 5.75 Å². The third-order valence-corrected chi connectivity index (χ3v) is 6.04. The van der Waals surface area contributed by atoms with Crippen LogP contribution in [-0.4, -0.2) is 57.2 Å². The van der Waals surface area contributed by atoms with Crippen molar-refractivity contribution < 1.29 is 27.5 Å². The van der Waals surface area contributed by atoms with Crippen molar-refractivity contribution in [2.75, 3.05) is 31.4 Å². The number of hydrogen-bond donors (Lipinski definition) is 0. The maximum absolute atomic E-state index is 13.1. The lowest BCUT2D eigenvalue weighted by Crippen LogP contribution is -2.50. The Bertz CT molecular complexity index is 1040. The van der Waals surface area contributed by atoms with Crippen LogP contribution >= 0.6 is 11.6 Å². The average molecular weight is 453 g/mol. The van der Waals surface area contributed by atoms with Crippen molar-refractivity contribution in [3.63, 3.8) is 0 Å². The van der Waals surface area contributed by atoms with E-state index in [1.54, 1.807) is 48.5 Å². The number of halogens is 1. The maximum atomic E-state index is 13.1. The van der Waals surface area contributed by atoms with Crippen LogP contribution in [0.2, 0.25) is 5.02 Å². The summed E-state index contributed by atoms with van der Waals surface area (Å²) in [6, 6.07) is 13.4. The Labute approximate surface area is 180 Å². The van der Waals surface area contributed by atoms with Gasteiger partial charge in [-0.15, -0.1) is 0 Å². The first-order valence-corrected chi connectivity index (χ1v) is 11.2. The second-order valence-corrected chi connectivity index (χ2v) is 9.18. The molecule has 2 aromatic rings. The van der Waals surface area contributed by atoms with Crippen molar-refractivity contribution >= 4 is 39.2 Å². The van der Waals surface area contributed by atoms with Gasteiger partial charge in [0, 0.05) is 11.6 Å². The fourth-order valence-corrected chi connectivity index (χ4v) is 3.90. The van der Waals surface area contributed by atoms with Crippen LogP contribution in [0.5, 0.6) is 5.75 Å². The van der Waals surface area contributed by atoms with E-state index in [0.717, 1.165) is 10.6 Å². The number of fused-ring (bicyclic) bond motifs is 1. The molecule has 3 rings (SSSR count). The number of carbonyl (C=O) groups is 2. The predicted molar refractivity (Wildman–Crippen MR) is 112 cm³/mol. The summed E-state index contributed by atoms with van der Waals surface area (Å²) in [6.07, 6.45) is 0.0394. The van der Waals surface area contributed by atoms with E-state index in [9.17, 15) is 18.0 Å². The number of amides is 1. The quantitative estimate of drug-likeness (QED) is 0.623. The summed E-state index contributed by atoms with van der Waals surface area (Å²) in [5, 5.41) is 0.527. The Hall–Kier alpha value is -2.62. The molecule has 8 nitrogen and oxygen atoms in total. The van der Waals surface area contributed by atoms with E-state index in [-0.39, 0.29) is 13.1 Å². The molecule has 160 valence electrons. The Morgan fingerprint density at radius 1 is 1.20 bits per heavy atom. The predicted octanol–water partition coefficient (Wildman–Crippen LogP) is 2.07. The number of carbonyl (C=O) groups excluding carboxylic acids is 2. The maximum Gasteiger partial charge on any atom is 0.348 e. The summed E-state index contributed by atoms with van der Waals surface area (Å²) in [4.78, 5) is 26.5. The zero-order valence-corrected chi connectivity index (χ0v) is 18.0. The molecule has 1 amide bonds. The minimum Gasteiger partial charge on any atom is -0.475 e. The molecule has 0 aliphatic carbocycles. The summed E-state index contributed by atoms with van der Waals surface area (Å²) in [6.45, 7) is -0.473. The van der Waals surface area contributed by atoms with Crippen LogP contribution < -0.4 is 9.64 Å². The van der Waals surface area contributed by atoms with E-state index in [1.165, 1.54) is 12.0 Å². The van der Waals surface area contributed by atoms with Gasteiger partial charge in [0.05, 0.1) is 32.1 Å². The number of rotatable bonds is 6. The molecule has 0 unspecified atom stereocenters. The minimum atomic E-state index is -3.69. The van der Waals surface area contributed by atoms with Gasteiger partial charge in [-0.1, -0.05) is 35.9 Å². The second-order valence-electron chi connectivity index (χ2n) is 6.76. The van der Waals surface area contributed by atoms with Crippen molar-refractivity contribution in [2.24, 2.45) is 0 Å².